The summed E-state index contributed by atoms with van der Waals surface area (Å²) in [4.78, 5) is 17.8. The van der Waals surface area contributed by atoms with Gasteiger partial charge in [-0.15, -0.1) is 0 Å². The molecule has 1 aromatic carbocycles. The fraction of sp³-hybridized carbons (Fsp3) is 0.478. The number of rotatable bonds is 5. The summed E-state index contributed by atoms with van der Waals surface area (Å²) in [6, 6.07) is 4.95. The average Bonchev–Trinajstić information content (AvgIpc) is 3.14. The van der Waals surface area contributed by atoms with Gasteiger partial charge in [0.2, 0.25) is 0 Å². The van der Waals surface area contributed by atoms with Gasteiger partial charge in [0.05, 0.1) is 17.2 Å². The first-order valence-corrected chi connectivity index (χ1v) is 12.5. The van der Waals surface area contributed by atoms with Crippen LogP contribution in [0.15, 0.2) is 35.4 Å². The average molecular weight is 481 g/mol. The second kappa shape index (κ2) is 8.23. The molecule has 2 aromatic rings. The number of pyridine rings is 1. The summed E-state index contributed by atoms with van der Waals surface area (Å²) in [6.07, 6.45) is 1.86. The number of aromatic nitrogens is 1. The fourth-order valence-electron chi connectivity index (χ4n) is 4.17. The van der Waals surface area contributed by atoms with Crippen LogP contribution >= 0.6 is 0 Å². The molecule has 10 heteroatoms. The molecule has 2 unspecified atom stereocenters. The second-order valence-corrected chi connectivity index (χ2v) is 11.6. The molecule has 0 spiro atoms. The van der Waals surface area contributed by atoms with E-state index in [1.165, 1.54) is 12.1 Å². The number of benzene rings is 1. The number of carbonyl (C=O) groups excluding carboxylic acids is 1. The van der Waals surface area contributed by atoms with Gasteiger partial charge in [-0.25, -0.2) is 22.0 Å². The summed E-state index contributed by atoms with van der Waals surface area (Å²) in [7, 11) is -3.42. The minimum absolute atomic E-state index is 0.0207. The van der Waals surface area contributed by atoms with Crippen molar-refractivity contribution in [2.45, 2.75) is 31.3 Å². The van der Waals surface area contributed by atoms with E-state index in [1.54, 1.807) is 4.90 Å². The van der Waals surface area contributed by atoms with Crippen LogP contribution in [0.25, 0.3) is 11.3 Å². The van der Waals surface area contributed by atoms with E-state index >= 15 is 0 Å². The fourth-order valence-corrected chi connectivity index (χ4v) is 4.73. The number of hydrogen-bond donors (Lipinski definition) is 0. The maximum atomic E-state index is 14.6. The normalized spacial score (nSPS) is 22.1. The van der Waals surface area contributed by atoms with Crippen LogP contribution in [0.4, 0.5) is 13.6 Å². The summed E-state index contributed by atoms with van der Waals surface area (Å²) in [5, 5.41) is 0. The Morgan fingerprint density at radius 3 is 2.24 bits per heavy atom. The Balaban J connectivity index is 1.36. The highest BCUT2D eigenvalue weighted by molar-refractivity contribution is 7.90. The van der Waals surface area contributed by atoms with Gasteiger partial charge in [0.15, 0.2) is 27.2 Å². The summed E-state index contributed by atoms with van der Waals surface area (Å²) in [5.41, 5.74) is -0.141. The van der Waals surface area contributed by atoms with Crippen molar-refractivity contribution in [2.24, 2.45) is 17.8 Å². The van der Waals surface area contributed by atoms with Gasteiger partial charge in [0.25, 0.3) is 0 Å². The standard InChI is InChI=1S/C23H26F2N2O5S/c1-23(2,3)32-22(28)27-10-15-16(11-27)17(15)12-31-21-18(24)7-13(8-19(21)25)20-6-5-14(9-26-20)33(4,29)30/h5-9,15-17H,10-12H2,1-4H3. The zero-order valence-corrected chi connectivity index (χ0v) is 19.7. The molecule has 1 aliphatic carbocycles. The molecule has 1 saturated carbocycles. The number of amides is 1. The third-order valence-electron chi connectivity index (χ3n) is 5.90. The lowest BCUT2D eigenvalue weighted by Gasteiger charge is -2.25. The van der Waals surface area contributed by atoms with Gasteiger partial charge in [-0.05, 0) is 56.9 Å². The molecular formula is C23H26F2N2O5S. The van der Waals surface area contributed by atoms with E-state index in [2.05, 4.69) is 4.98 Å². The number of fused-ring (bicyclic) bond motifs is 1. The predicted octanol–water partition coefficient (Wildman–Crippen LogP) is 3.92. The molecule has 2 atom stereocenters. The highest BCUT2D eigenvalue weighted by Crippen LogP contribution is 2.52. The Kier molecular flexibility index (Phi) is 5.84. The smallest absolute Gasteiger partial charge is 0.410 e. The van der Waals surface area contributed by atoms with Crippen molar-refractivity contribution < 1.29 is 31.5 Å². The summed E-state index contributed by atoms with van der Waals surface area (Å²) in [5.74, 6) is -1.57. The Hall–Kier alpha value is -2.75. The van der Waals surface area contributed by atoms with Gasteiger partial charge in [0.1, 0.15) is 5.60 Å². The summed E-state index contributed by atoms with van der Waals surface area (Å²) < 4.78 is 63.1. The first kappa shape index (κ1) is 23.4. The predicted molar refractivity (Wildman–Crippen MR) is 116 cm³/mol. The van der Waals surface area contributed by atoms with Gasteiger partial charge in [0, 0.05) is 37.0 Å². The molecule has 0 radical (unpaired) electrons. The number of sulfone groups is 1. The van der Waals surface area contributed by atoms with Crippen LogP contribution in [-0.4, -0.2) is 55.9 Å². The third-order valence-corrected chi connectivity index (χ3v) is 7.00. The number of ether oxygens (including phenoxy) is 2. The zero-order chi connectivity index (χ0) is 24.1. The van der Waals surface area contributed by atoms with Crippen molar-refractivity contribution in [3.8, 4) is 17.0 Å². The Morgan fingerprint density at radius 2 is 1.76 bits per heavy atom. The van der Waals surface area contributed by atoms with Crippen molar-refractivity contribution in [3.63, 3.8) is 0 Å². The number of nitrogens with zero attached hydrogens (tertiary/aromatic N) is 2. The zero-order valence-electron chi connectivity index (χ0n) is 18.8. The van der Waals surface area contributed by atoms with Gasteiger partial charge < -0.3 is 14.4 Å². The number of halogens is 2. The quantitative estimate of drug-likeness (QED) is 0.645. The first-order chi connectivity index (χ1) is 15.3. The highest BCUT2D eigenvalue weighted by atomic mass is 32.2. The van der Waals surface area contributed by atoms with Gasteiger partial charge in [-0.3, -0.25) is 4.98 Å². The molecule has 178 valence electrons. The van der Waals surface area contributed by atoms with Crippen molar-refractivity contribution in [3.05, 3.63) is 42.1 Å². The van der Waals surface area contributed by atoms with Crippen molar-refractivity contribution in [1.29, 1.82) is 0 Å². The van der Waals surface area contributed by atoms with E-state index in [0.29, 0.717) is 13.1 Å². The van der Waals surface area contributed by atoms with Crippen LogP contribution in [0.1, 0.15) is 20.8 Å². The maximum absolute atomic E-state index is 14.6. The van der Waals surface area contributed by atoms with Gasteiger partial charge in [-0.1, -0.05) is 0 Å². The topological polar surface area (TPSA) is 85.8 Å². The highest BCUT2D eigenvalue weighted by Gasteiger charge is 2.57. The Bertz CT molecular complexity index is 1140. The number of likely N-dealkylation sites (tertiary alicyclic amines) is 1. The lowest BCUT2D eigenvalue weighted by Crippen LogP contribution is -2.37. The minimum Gasteiger partial charge on any atom is -0.487 e. The van der Waals surface area contributed by atoms with Crippen LogP contribution < -0.4 is 4.74 Å². The monoisotopic (exact) mass is 480 g/mol. The van der Waals surface area contributed by atoms with E-state index in [-0.39, 0.29) is 46.6 Å². The van der Waals surface area contributed by atoms with Crippen LogP contribution in [0.5, 0.6) is 5.75 Å². The molecule has 1 saturated heterocycles. The maximum Gasteiger partial charge on any atom is 0.410 e. The molecule has 4 rings (SSSR count). The van der Waals surface area contributed by atoms with E-state index in [4.69, 9.17) is 9.47 Å². The second-order valence-electron chi connectivity index (χ2n) is 9.61. The molecule has 1 aromatic heterocycles. The molecule has 1 amide bonds. The van der Waals surface area contributed by atoms with Crippen molar-refractivity contribution in [1.82, 2.24) is 9.88 Å². The molecule has 2 aliphatic rings. The summed E-state index contributed by atoms with van der Waals surface area (Å²) in [6.45, 7) is 6.69. The van der Waals surface area contributed by atoms with E-state index in [1.807, 2.05) is 20.8 Å². The van der Waals surface area contributed by atoms with E-state index in [0.717, 1.165) is 24.6 Å². The first-order valence-electron chi connectivity index (χ1n) is 10.6. The van der Waals surface area contributed by atoms with Crippen LogP contribution in [0.3, 0.4) is 0 Å². The molecule has 2 fully saturated rings. The molecule has 33 heavy (non-hydrogen) atoms. The minimum atomic E-state index is -3.42. The summed E-state index contributed by atoms with van der Waals surface area (Å²) >= 11 is 0. The van der Waals surface area contributed by atoms with E-state index in [9.17, 15) is 22.0 Å². The van der Waals surface area contributed by atoms with E-state index < -0.39 is 32.8 Å². The Morgan fingerprint density at radius 1 is 1.15 bits per heavy atom. The number of carbonyl (C=O) groups is 1. The van der Waals surface area contributed by atoms with Crippen LogP contribution in [0.2, 0.25) is 0 Å². The molecule has 1 aliphatic heterocycles. The van der Waals surface area contributed by atoms with Crippen molar-refractivity contribution >= 4 is 15.9 Å². The van der Waals surface area contributed by atoms with Gasteiger partial charge >= 0.3 is 6.09 Å². The molecule has 0 N–H and O–H groups in total. The Labute approximate surface area is 191 Å². The lowest BCUT2D eigenvalue weighted by atomic mass is 10.1. The van der Waals surface area contributed by atoms with Crippen molar-refractivity contribution in [2.75, 3.05) is 26.0 Å². The third kappa shape index (κ3) is 5.10. The number of piperidine rings is 1. The number of hydrogen-bond acceptors (Lipinski definition) is 6. The lowest BCUT2D eigenvalue weighted by molar-refractivity contribution is 0.0260. The molecule has 7 nitrogen and oxygen atoms in total. The van der Waals surface area contributed by atoms with Crippen LogP contribution in [0, 0.1) is 29.4 Å². The van der Waals surface area contributed by atoms with Crippen LogP contribution in [-0.2, 0) is 14.6 Å². The van der Waals surface area contributed by atoms with Gasteiger partial charge in [-0.2, -0.15) is 0 Å². The molecular weight excluding hydrogens is 454 g/mol. The molecule has 0 bridgehead atoms. The largest absolute Gasteiger partial charge is 0.487 e. The molecule has 2 heterocycles. The SMILES string of the molecule is CC(C)(C)OC(=O)N1CC2C(COc3c(F)cc(-c4ccc(S(C)(=O)=O)cn4)cc3F)C2C1.